The summed E-state index contributed by atoms with van der Waals surface area (Å²) < 4.78 is 1.60. The molecule has 3 aromatic rings. The van der Waals surface area contributed by atoms with E-state index < -0.39 is 0 Å². The van der Waals surface area contributed by atoms with Gasteiger partial charge in [-0.25, -0.2) is 4.68 Å². The van der Waals surface area contributed by atoms with Gasteiger partial charge in [-0.05, 0) is 24.3 Å². The van der Waals surface area contributed by atoms with Gasteiger partial charge in [0, 0.05) is 11.5 Å². The molecule has 84 valence electrons. The zero-order chi connectivity index (χ0) is 11.8. The summed E-state index contributed by atoms with van der Waals surface area (Å²) in [4.78, 5) is 0. The van der Waals surface area contributed by atoms with Crippen molar-refractivity contribution in [2.75, 3.05) is 0 Å². The van der Waals surface area contributed by atoms with Gasteiger partial charge in [0.25, 0.3) is 0 Å². The van der Waals surface area contributed by atoms with Crippen LogP contribution < -0.4 is 0 Å². The van der Waals surface area contributed by atoms with Crippen molar-refractivity contribution in [2.45, 2.75) is 0 Å². The van der Waals surface area contributed by atoms with Gasteiger partial charge in [0.15, 0.2) is 0 Å². The second-order valence-corrected chi connectivity index (χ2v) is 3.79. The highest BCUT2D eigenvalue weighted by Crippen LogP contribution is 2.26. The third-order valence-electron chi connectivity index (χ3n) is 2.66. The number of aromatic hydroxyl groups is 2. The Morgan fingerprint density at radius 2 is 1.82 bits per heavy atom. The molecule has 3 rings (SSSR count). The van der Waals surface area contributed by atoms with Crippen molar-refractivity contribution in [3.05, 3.63) is 48.7 Å². The number of aromatic nitrogens is 2. The van der Waals surface area contributed by atoms with Crippen LogP contribution in [-0.2, 0) is 0 Å². The highest BCUT2D eigenvalue weighted by atomic mass is 16.3. The lowest BCUT2D eigenvalue weighted by Crippen LogP contribution is -1.95. The van der Waals surface area contributed by atoms with Gasteiger partial charge < -0.3 is 10.2 Å². The lowest BCUT2D eigenvalue weighted by molar-refractivity contribution is 0.470. The number of fused-ring (bicyclic) bond motifs is 1. The largest absolute Gasteiger partial charge is 0.508 e. The molecular formula is C13H10N2O2. The summed E-state index contributed by atoms with van der Waals surface area (Å²) in [7, 11) is 0. The van der Waals surface area contributed by atoms with Crippen LogP contribution in [0.3, 0.4) is 0 Å². The molecule has 0 aliphatic heterocycles. The number of hydrogen-bond acceptors (Lipinski definition) is 3. The highest BCUT2D eigenvalue weighted by Gasteiger charge is 2.08. The number of phenolic OH excluding ortho intramolecular Hbond substituents is 2. The minimum absolute atomic E-state index is 0.154. The van der Waals surface area contributed by atoms with Gasteiger partial charge in [0.05, 0.1) is 11.7 Å². The molecule has 2 N–H and O–H groups in total. The number of rotatable bonds is 1. The molecule has 4 heteroatoms. The third kappa shape index (κ3) is 1.50. The van der Waals surface area contributed by atoms with E-state index >= 15 is 0 Å². The van der Waals surface area contributed by atoms with E-state index in [2.05, 4.69) is 5.10 Å². The SMILES string of the molecule is Oc1ccc2cnn(-c3ccccc3O)c2c1. The Balaban J connectivity index is 2.31. The summed E-state index contributed by atoms with van der Waals surface area (Å²) >= 11 is 0. The Hall–Kier alpha value is -2.49. The van der Waals surface area contributed by atoms with Gasteiger partial charge in [-0.1, -0.05) is 12.1 Å². The molecule has 17 heavy (non-hydrogen) atoms. The summed E-state index contributed by atoms with van der Waals surface area (Å²) in [5, 5.41) is 24.4. The monoisotopic (exact) mass is 226 g/mol. The molecule has 0 saturated carbocycles. The maximum absolute atomic E-state index is 9.79. The summed E-state index contributed by atoms with van der Waals surface area (Å²) in [5.41, 5.74) is 1.35. The van der Waals surface area contributed by atoms with E-state index in [0.717, 1.165) is 10.9 Å². The van der Waals surface area contributed by atoms with Crippen molar-refractivity contribution < 1.29 is 10.2 Å². The molecule has 4 nitrogen and oxygen atoms in total. The van der Waals surface area contributed by atoms with Crippen LogP contribution in [-0.4, -0.2) is 20.0 Å². The Kier molecular flexibility index (Phi) is 2.01. The molecule has 0 aliphatic carbocycles. The molecule has 0 radical (unpaired) electrons. The predicted molar refractivity (Wildman–Crippen MR) is 64.4 cm³/mol. The Labute approximate surface area is 97.4 Å². The van der Waals surface area contributed by atoms with Gasteiger partial charge in [0.1, 0.15) is 17.2 Å². The van der Waals surface area contributed by atoms with E-state index in [1.807, 2.05) is 6.07 Å². The molecule has 0 bridgehead atoms. The van der Waals surface area contributed by atoms with Crippen LogP contribution in [0.15, 0.2) is 48.7 Å². The van der Waals surface area contributed by atoms with Crippen LogP contribution in [0.5, 0.6) is 11.5 Å². The molecular weight excluding hydrogens is 216 g/mol. The fourth-order valence-corrected chi connectivity index (χ4v) is 1.84. The summed E-state index contributed by atoms with van der Waals surface area (Å²) in [5.74, 6) is 0.329. The maximum Gasteiger partial charge on any atom is 0.141 e. The van der Waals surface area contributed by atoms with Crippen LogP contribution in [0, 0.1) is 0 Å². The first kappa shape index (κ1) is 9.72. The Morgan fingerprint density at radius 1 is 1.00 bits per heavy atom. The molecule has 1 aromatic heterocycles. The summed E-state index contributed by atoms with van der Waals surface area (Å²) in [6.07, 6.45) is 1.70. The van der Waals surface area contributed by atoms with E-state index in [1.54, 1.807) is 47.3 Å². The molecule has 2 aromatic carbocycles. The first-order chi connectivity index (χ1) is 8.25. The Morgan fingerprint density at radius 3 is 2.65 bits per heavy atom. The van der Waals surface area contributed by atoms with Gasteiger partial charge in [-0.3, -0.25) is 0 Å². The van der Waals surface area contributed by atoms with Crippen LogP contribution in [0.2, 0.25) is 0 Å². The fourth-order valence-electron chi connectivity index (χ4n) is 1.84. The first-order valence-corrected chi connectivity index (χ1v) is 5.21. The van der Waals surface area contributed by atoms with Crippen LogP contribution in [0.4, 0.5) is 0 Å². The number of nitrogens with zero attached hydrogens (tertiary/aromatic N) is 2. The molecule has 0 aliphatic rings. The van der Waals surface area contributed by atoms with Crippen LogP contribution in [0.1, 0.15) is 0 Å². The second-order valence-electron chi connectivity index (χ2n) is 3.79. The van der Waals surface area contributed by atoms with E-state index in [0.29, 0.717) is 5.69 Å². The average Bonchev–Trinajstić information content (AvgIpc) is 2.72. The van der Waals surface area contributed by atoms with Gasteiger partial charge in [-0.15, -0.1) is 0 Å². The number of para-hydroxylation sites is 2. The molecule has 0 atom stereocenters. The second kappa shape index (κ2) is 3.52. The van der Waals surface area contributed by atoms with E-state index in [9.17, 15) is 10.2 Å². The van der Waals surface area contributed by atoms with Crippen molar-refractivity contribution in [1.82, 2.24) is 9.78 Å². The Bertz CT molecular complexity index is 689. The zero-order valence-corrected chi connectivity index (χ0v) is 8.91. The van der Waals surface area contributed by atoms with E-state index in [4.69, 9.17) is 0 Å². The van der Waals surface area contributed by atoms with Crippen molar-refractivity contribution in [1.29, 1.82) is 0 Å². The van der Waals surface area contributed by atoms with E-state index in [-0.39, 0.29) is 11.5 Å². The van der Waals surface area contributed by atoms with Crippen molar-refractivity contribution >= 4 is 10.9 Å². The highest BCUT2D eigenvalue weighted by molar-refractivity contribution is 5.82. The first-order valence-electron chi connectivity index (χ1n) is 5.21. The number of hydrogen-bond donors (Lipinski definition) is 2. The lowest BCUT2D eigenvalue weighted by atomic mass is 10.2. The van der Waals surface area contributed by atoms with Gasteiger partial charge >= 0.3 is 0 Å². The minimum atomic E-state index is 0.154. The standard InChI is InChI=1S/C13H10N2O2/c16-10-6-5-9-8-14-15(12(9)7-10)11-3-1-2-4-13(11)17/h1-8,16-17H. The lowest BCUT2D eigenvalue weighted by Gasteiger charge is -2.05. The average molecular weight is 226 g/mol. The quantitative estimate of drug-likeness (QED) is 0.670. The minimum Gasteiger partial charge on any atom is -0.508 e. The summed E-state index contributed by atoms with van der Waals surface area (Å²) in [6.45, 7) is 0. The zero-order valence-electron chi connectivity index (χ0n) is 8.91. The smallest absolute Gasteiger partial charge is 0.141 e. The molecule has 0 saturated heterocycles. The number of benzene rings is 2. The van der Waals surface area contributed by atoms with Gasteiger partial charge in [0.2, 0.25) is 0 Å². The molecule has 1 heterocycles. The molecule has 0 amide bonds. The van der Waals surface area contributed by atoms with Crippen LogP contribution in [0.25, 0.3) is 16.6 Å². The van der Waals surface area contributed by atoms with Crippen LogP contribution >= 0.6 is 0 Å². The van der Waals surface area contributed by atoms with Crippen molar-refractivity contribution in [2.24, 2.45) is 0 Å². The van der Waals surface area contributed by atoms with Crippen molar-refractivity contribution in [3.63, 3.8) is 0 Å². The molecule has 0 fully saturated rings. The van der Waals surface area contributed by atoms with Gasteiger partial charge in [-0.2, -0.15) is 5.10 Å². The maximum atomic E-state index is 9.79. The summed E-state index contributed by atoms with van der Waals surface area (Å²) in [6, 6.07) is 12.0. The molecule has 0 unspecified atom stereocenters. The fraction of sp³-hybridized carbons (Fsp3) is 0. The topological polar surface area (TPSA) is 58.3 Å². The normalized spacial score (nSPS) is 10.8. The predicted octanol–water partition coefficient (Wildman–Crippen LogP) is 2.44. The van der Waals surface area contributed by atoms with Crippen molar-refractivity contribution in [3.8, 4) is 17.2 Å². The number of phenols is 2. The third-order valence-corrected chi connectivity index (χ3v) is 2.66. The molecule has 0 spiro atoms. The van der Waals surface area contributed by atoms with E-state index in [1.165, 1.54) is 0 Å².